The van der Waals surface area contributed by atoms with Crippen molar-refractivity contribution in [2.45, 2.75) is 39.3 Å². The first-order valence-electron chi connectivity index (χ1n) is 6.15. The van der Waals surface area contributed by atoms with Crippen molar-refractivity contribution in [3.63, 3.8) is 0 Å². The summed E-state index contributed by atoms with van der Waals surface area (Å²) in [5.74, 6) is -0.584. The average Bonchev–Trinajstić information content (AvgIpc) is 2.29. The minimum atomic E-state index is -0.724. The van der Waals surface area contributed by atoms with Crippen LogP contribution in [0.5, 0.6) is 0 Å². The predicted molar refractivity (Wildman–Crippen MR) is 76.6 cm³/mol. The van der Waals surface area contributed by atoms with E-state index in [0.717, 1.165) is 5.75 Å². The number of rotatable bonds is 8. The SMILES string of the molecule is CSCCC(NC(C)=O)C(=O)NC(C(N)=O)C(C)C. The molecule has 0 aromatic carbocycles. The van der Waals surface area contributed by atoms with Crippen molar-refractivity contribution in [2.24, 2.45) is 11.7 Å². The number of hydrogen-bond acceptors (Lipinski definition) is 4. The molecule has 110 valence electrons. The van der Waals surface area contributed by atoms with E-state index in [1.807, 2.05) is 6.26 Å². The highest BCUT2D eigenvalue weighted by Crippen LogP contribution is 2.05. The molecular weight excluding hydrogens is 266 g/mol. The van der Waals surface area contributed by atoms with Crippen molar-refractivity contribution in [3.8, 4) is 0 Å². The second-order valence-corrected chi connectivity index (χ2v) is 5.65. The van der Waals surface area contributed by atoms with Crippen molar-refractivity contribution in [2.75, 3.05) is 12.0 Å². The van der Waals surface area contributed by atoms with Crippen LogP contribution in [0, 0.1) is 5.92 Å². The summed E-state index contributed by atoms with van der Waals surface area (Å²) in [5.41, 5.74) is 5.24. The van der Waals surface area contributed by atoms with Gasteiger partial charge in [0.2, 0.25) is 17.7 Å². The molecule has 7 heteroatoms. The van der Waals surface area contributed by atoms with Crippen LogP contribution in [0.3, 0.4) is 0 Å². The fraction of sp³-hybridized carbons (Fsp3) is 0.750. The lowest BCUT2D eigenvalue weighted by molar-refractivity contribution is -0.131. The van der Waals surface area contributed by atoms with Crippen molar-refractivity contribution in [3.05, 3.63) is 0 Å². The van der Waals surface area contributed by atoms with Crippen LogP contribution >= 0.6 is 11.8 Å². The van der Waals surface area contributed by atoms with Crippen molar-refractivity contribution >= 4 is 29.5 Å². The van der Waals surface area contributed by atoms with Crippen molar-refractivity contribution < 1.29 is 14.4 Å². The largest absolute Gasteiger partial charge is 0.368 e. The molecule has 0 aromatic rings. The third kappa shape index (κ3) is 7.05. The van der Waals surface area contributed by atoms with Crippen molar-refractivity contribution in [1.29, 1.82) is 0 Å². The Morgan fingerprint density at radius 3 is 2.16 bits per heavy atom. The molecule has 4 N–H and O–H groups in total. The highest BCUT2D eigenvalue weighted by molar-refractivity contribution is 7.98. The van der Waals surface area contributed by atoms with Gasteiger partial charge in [-0.3, -0.25) is 14.4 Å². The van der Waals surface area contributed by atoms with Gasteiger partial charge in [0, 0.05) is 6.92 Å². The molecular formula is C12H23N3O3S. The third-order valence-corrected chi connectivity index (χ3v) is 3.22. The molecule has 2 atom stereocenters. The zero-order chi connectivity index (χ0) is 15.0. The zero-order valence-electron chi connectivity index (χ0n) is 11.9. The quantitative estimate of drug-likeness (QED) is 0.579. The van der Waals surface area contributed by atoms with Gasteiger partial charge in [-0.25, -0.2) is 0 Å². The number of amides is 3. The molecule has 0 fully saturated rings. The molecule has 0 heterocycles. The van der Waals surface area contributed by atoms with E-state index in [1.165, 1.54) is 6.92 Å². The predicted octanol–water partition coefficient (Wildman–Crippen LogP) is -0.130. The molecule has 19 heavy (non-hydrogen) atoms. The Balaban J connectivity index is 4.68. The molecule has 0 radical (unpaired) electrons. The molecule has 2 unspecified atom stereocenters. The molecule has 0 saturated carbocycles. The van der Waals surface area contributed by atoms with Crippen LogP contribution in [0.1, 0.15) is 27.2 Å². The monoisotopic (exact) mass is 289 g/mol. The zero-order valence-corrected chi connectivity index (χ0v) is 12.7. The summed E-state index contributed by atoms with van der Waals surface area (Å²) in [4.78, 5) is 34.4. The summed E-state index contributed by atoms with van der Waals surface area (Å²) in [6.45, 7) is 4.95. The summed E-state index contributed by atoms with van der Waals surface area (Å²) in [7, 11) is 0. The normalized spacial score (nSPS) is 13.7. The van der Waals surface area contributed by atoms with Gasteiger partial charge < -0.3 is 16.4 Å². The summed E-state index contributed by atoms with van der Waals surface area (Å²) in [6, 6.07) is -1.36. The number of nitrogens with two attached hydrogens (primary N) is 1. The van der Waals surface area contributed by atoms with Crippen LogP contribution < -0.4 is 16.4 Å². The average molecular weight is 289 g/mol. The number of carbonyl (C=O) groups is 3. The fourth-order valence-corrected chi connectivity index (χ4v) is 2.04. The maximum atomic E-state index is 12.1. The van der Waals surface area contributed by atoms with Crippen LogP contribution in [-0.4, -0.2) is 41.8 Å². The Kier molecular flexibility index (Phi) is 8.22. The van der Waals surface area contributed by atoms with E-state index < -0.39 is 18.0 Å². The lowest BCUT2D eigenvalue weighted by Gasteiger charge is -2.23. The molecule has 0 aliphatic heterocycles. The fourth-order valence-electron chi connectivity index (χ4n) is 1.57. The Labute approximate surface area is 118 Å². The number of primary amides is 1. The first-order valence-corrected chi connectivity index (χ1v) is 7.54. The summed E-state index contributed by atoms with van der Waals surface area (Å²) in [5, 5.41) is 5.17. The Bertz CT molecular complexity index is 334. The summed E-state index contributed by atoms with van der Waals surface area (Å²) in [6.07, 6.45) is 2.43. The Hall–Kier alpha value is -1.24. The van der Waals surface area contributed by atoms with Gasteiger partial charge in [0.05, 0.1) is 0 Å². The van der Waals surface area contributed by atoms with E-state index >= 15 is 0 Å². The smallest absolute Gasteiger partial charge is 0.243 e. The number of nitrogens with one attached hydrogen (secondary N) is 2. The lowest BCUT2D eigenvalue weighted by atomic mass is 10.0. The summed E-state index contributed by atoms with van der Waals surface area (Å²) >= 11 is 1.58. The molecule has 3 amide bonds. The van der Waals surface area contributed by atoms with E-state index in [2.05, 4.69) is 10.6 Å². The van der Waals surface area contributed by atoms with Crippen LogP contribution in [0.25, 0.3) is 0 Å². The van der Waals surface area contributed by atoms with Gasteiger partial charge in [0.15, 0.2) is 0 Å². The van der Waals surface area contributed by atoms with Gasteiger partial charge in [0.25, 0.3) is 0 Å². The Morgan fingerprint density at radius 1 is 1.21 bits per heavy atom. The van der Waals surface area contributed by atoms with Gasteiger partial charge in [-0.05, 0) is 24.3 Å². The third-order valence-electron chi connectivity index (χ3n) is 2.58. The van der Waals surface area contributed by atoms with Crippen LogP contribution in [0.2, 0.25) is 0 Å². The van der Waals surface area contributed by atoms with Gasteiger partial charge in [0.1, 0.15) is 12.1 Å². The molecule has 0 bridgehead atoms. The van der Waals surface area contributed by atoms with Crippen LogP contribution in [-0.2, 0) is 14.4 Å². The summed E-state index contributed by atoms with van der Waals surface area (Å²) < 4.78 is 0. The second kappa shape index (κ2) is 8.79. The maximum absolute atomic E-state index is 12.1. The number of carbonyl (C=O) groups excluding carboxylic acids is 3. The maximum Gasteiger partial charge on any atom is 0.243 e. The lowest BCUT2D eigenvalue weighted by Crippen LogP contribution is -2.54. The second-order valence-electron chi connectivity index (χ2n) is 4.67. The molecule has 0 rings (SSSR count). The highest BCUT2D eigenvalue weighted by atomic mass is 32.2. The van der Waals surface area contributed by atoms with E-state index in [-0.39, 0.29) is 17.7 Å². The first kappa shape index (κ1) is 17.8. The molecule has 0 saturated heterocycles. The molecule has 0 aliphatic rings. The van der Waals surface area contributed by atoms with Crippen LogP contribution in [0.15, 0.2) is 0 Å². The number of hydrogen-bond donors (Lipinski definition) is 3. The van der Waals surface area contributed by atoms with Gasteiger partial charge in [-0.1, -0.05) is 13.8 Å². The van der Waals surface area contributed by atoms with Gasteiger partial charge >= 0.3 is 0 Å². The van der Waals surface area contributed by atoms with Crippen molar-refractivity contribution in [1.82, 2.24) is 10.6 Å². The standard InChI is InChI=1S/C12H23N3O3S/c1-7(2)10(11(13)17)15-12(18)9(5-6-19-4)14-8(3)16/h7,9-10H,5-6H2,1-4H3,(H2,13,17)(H,14,16)(H,15,18). The van der Waals surface area contributed by atoms with Crippen LogP contribution in [0.4, 0.5) is 0 Å². The van der Waals surface area contributed by atoms with E-state index in [9.17, 15) is 14.4 Å². The van der Waals surface area contributed by atoms with Gasteiger partial charge in [-0.15, -0.1) is 0 Å². The topological polar surface area (TPSA) is 101 Å². The minimum Gasteiger partial charge on any atom is -0.368 e. The van der Waals surface area contributed by atoms with E-state index in [4.69, 9.17) is 5.73 Å². The first-order chi connectivity index (χ1) is 8.79. The van der Waals surface area contributed by atoms with Gasteiger partial charge in [-0.2, -0.15) is 11.8 Å². The van der Waals surface area contributed by atoms with E-state index in [1.54, 1.807) is 25.6 Å². The highest BCUT2D eigenvalue weighted by Gasteiger charge is 2.26. The van der Waals surface area contributed by atoms with E-state index in [0.29, 0.717) is 6.42 Å². The minimum absolute atomic E-state index is 0.0972. The molecule has 0 aromatic heterocycles. The number of thioether (sulfide) groups is 1. The Morgan fingerprint density at radius 2 is 1.79 bits per heavy atom. The molecule has 6 nitrogen and oxygen atoms in total. The molecule has 0 spiro atoms. The molecule has 0 aliphatic carbocycles.